The molecule has 0 saturated heterocycles. The van der Waals surface area contributed by atoms with Gasteiger partial charge in [0.05, 0.1) is 12.8 Å². The Morgan fingerprint density at radius 3 is 3.05 bits per heavy atom. The summed E-state index contributed by atoms with van der Waals surface area (Å²) in [4.78, 5) is 16.4. The van der Waals surface area contributed by atoms with Gasteiger partial charge < -0.3 is 18.9 Å². The summed E-state index contributed by atoms with van der Waals surface area (Å²) in [6.07, 6.45) is 4.46. The molecule has 1 amide bonds. The topological polar surface area (TPSA) is 68.8 Å². The van der Waals surface area contributed by atoms with E-state index < -0.39 is 0 Å². The van der Waals surface area contributed by atoms with Gasteiger partial charge in [0, 0.05) is 25.4 Å². The van der Waals surface area contributed by atoms with Crippen LogP contribution >= 0.6 is 15.9 Å². The SMILES string of the molecule is COc1cccn2cc(CCNC(=O)c3ccc(Br)o3)nc12. The molecule has 114 valence electrons. The molecule has 0 aliphatic carbocycles. The number of amides is 1. The number of halogens is 1. The number of aromatic nitrogens is 2. The van der Waals surface area contributed by atoms with Gasteiger partial charge in [0.2, 0.25) is 0 Å². The Morgan fingerprint density at radius 2 is 2.32 bits per heavy atom. The van der Waals surface area contributed by atoms with Crippen LogP contribution in [0, 0.1) is 0 Å². The average Bonchev–Trinajstić information content (AvgIpc) is 3.12. The fraction of sp³-hybridized carbons (Fsp3) is 0.200. The van der Waals surface area contributed by atoms with E-state index in [4.69, 9.17) is 9.15 Å². The van der Waals surface area contributed by atoms with Gasteiger partial charge in [0.25, 0.3) is 5.91 Å². The fourth-order valence-corrected chi connectivity index (χ4v) is 2.45. The van der Waals surface area contributed by atoms with Gasteiger partial charge in [-0.1, -0.05) is 0 Å². The van der Waals surface area contributed by atoms with E-state index in [-0.39, 0.29) is 11.7 Å². The summed E-state index contributed by atoms with van der Waals surface area (Å²) in [5.41, 5.74) is 1.65. The third-order valence-electron chi connectivity index (χ3n) is 3.18. The number of ether oxygens (including phenoxy) is 1. The van der Waals surface area contributed by atoms with Crippen LogP contribution < -0.4 is 10.1 Å². The second-order valence-electron chi connectivity index (χ2n) is 4.65. The zero-order valence-electron chi connectivity index (χ0n) is 11.9. The first-order valence-electron chi connectivity index (χ1n) is 6.71. The number of imidazole rings is 1. The number of carbonyl (C=O) groups is 1. The van der Waals surface area contributed by atoms with Gasteiger partial charge in [-0.05, 0) is 40.2 Å². The van der Waals surface area contributed by atoms with Crippen LogP contribution in [0.25, 0.3) is 5.65 Å². The molecule has 6 nitrogen and oxygen atoms in total. The van der Waals surface area contributed by atoms with Gasteiger partial charge in [-0.25, -0.2) is 4.98 Å². The molecule has 0 saturated carbocycles. The van der Waals surface area contributed by atoms with Crippen molar-refractivity contribution in [3.05, 3.63) is 52.8 Å². The molecule has 0 aliphatic rings. The van der Waals surface area contributed by atoms with Crippen LogP contribution in [0.5, 0.6) is 5.75 Å². The number of fused-ring (bicyclic) bond motifs is 1. The highest BCUT2D eigenvalue weighted by atomic mass is 79.9. The van der Waals surface area contributed by atoms with Crippen molar-refractivity contribution < 1.29 is 13.9 Å². The van der Waals surface area contributed by atoms with Gasteiger partial charge in [-0.3, -0.25) is 4.79 Å². The molecule has 0 spiro atoms. The average molecular weight is 364 g/mol. The van der Waals surface area contributed by atoms with E-state index in [0.29, 0.717) is 17.6 Å². The van der Waals surface area contributed by atoms with E-state index in [1.807, 2.05) is 28.9 Å². The van der Waals surface area contributed by atoms with E-state index in [2.05, 4.69) is 26.2 Å². The Morgan fingerprint density at radius 1 is 1.45 bits per heavy atom. The predicted molar refractivity (Wildman–Crippen MR) is 84.2 cm³/mol. The van der Waals surface area contributed by atoms with Crippen molar-refractivity contribution in [1.29, 1.82) is 0 Å². The minimum atomic E-state index is -0.243. The molecule has 1 N–H and O–H groups in total. The zero-order valence-corrected chi connectivity index (χ0v) is 13.5. The van der Waals surface area contributed by atoms with Crippen molar-refractivity contribution in [2.45, 2.75) is 6.42 Å². The predicted octanol–water partition coefficient (Wildman–Crippen LogP) is 2.67. The molecule has 7 heteroatoms. The van der Waals surface area contributed by atoms with Gasteiger partial charge in [0.15, 0.2) is 21.8 Å². The molecule has 3 aromatic rings. The Labute approximate surface area is 135 Å². The molecule has 0 aromatic carbocycles. The minimum Gasteiger partial charge on any atom is -0.493 e. The number of carbonyl (C=O) groups excluding carboxylic acids is 1. The molecule has 0 unspecified atom stereocenters. The number of methoxy groups -OCH3 is 1. The Hall–Kier alpha value is -2.28. The molecule has 3 aromatic heterocycles. The molecule has 3 heterocycles. The number of furan rings is 1. The fourth-order valence-electron chi connectivity index (χ4n) is 2.15. The highest BCUT2D eigenvalue weighted by molar-refractivity contribution is 9.10. The van der Waals surface area contributed by atoms with E-state index in [9.17, 15) is 4.79 Å². The Kier molecular flexibility index (Phi) is 4.15. The van der Waals surface area contributed by atoms with E-state index in [1.165, 1.54) is 0 Å². The molecule has 0 radical (unpaired) electrons. The molecule has 0 aliphatic heterocycles. The first-order chi connectivity index (χ1) is 10.7. The first kappa shape index (κ1) is 14.6. The maximum atomic E-state index is 11.8. The summed E-state index contributed by atoms with van der Waals surface area (Å²) in [5.74, 6) is 0.758. The maximum Gasteiger partial charge on any atom is 0.287 e. The third-order valence-corrected chi connectivity index (χ3v) is 3.61. The van der Waals surface area contributed by atoms with Crippen molar-refractivity contribution in [3.8, 4) is 5.75 Å². The summed E-state index contributed by atoms with van der Waals surface area (Å²) < 4.78 is 12.9. The van der Waals surface area contributed by atoms with Crippen LogP contribution in [0.15, 0.2) is 45.7 Å². The van der Waals surface area contributed by atoms with Crippen LogP contribution in [0.2, 0.25) is 0 Å². The third kappa shape index (κ3) is 2.99. The quantitative estimate of drug-likeness (QED) is 0.756. The summed E-state index contributed by atoms with van der Waals surface area (Å²) >= 11 is 3.17. The lowest BCUT2D eigenvalue weighted by molar-refractivity contribution is 0.0925. The van der Waals surface area contributed by atoms with Crippen molar-refractivity contribution >= 4 is 27.5 Å². The zero-order chi connectivity index (χ0) is 15.5. The molecule has 0 atom stereocenters. The number of hydrogen-bond acceptors (Lipinski definition) is 4. The number of hydrogen-bond donors (Lipinski definition) is 1. The number of pyridine rings is 1. The maximum absolute atomic E-state index is 11.8. The van der Waals surface area contributed by atoms with Crippen LogP contribution in [-0.2, 0) is 6.42 Å². The van der Waals surface area contributed by atoms with Crippen LogP contribution in [-0.4, -0.2) is 28.9 Å². The molecule has 22 heavy (non-hydrogen) atoms. The molecular weight excluding hydrogens is 350 g/mol. The minimum absolute atomic E-state index is 0.243. The van der Waals surface area contributed by atoms with Gasteiger partial charge in [0.1, 0.15) is 0 Å². The van der Waals surface area contributed by atoms with Gasteiger partial charge in [-0.2, -0.15) is 0 Å². The smallest absolute Gasteiger partial charge is 0.287 e. The lowest BCUT2D eigenvalue weighted by atomic mass is 10.3. The normalized spacial score (nSPS) is 10.8. The van der Waals surface area contributed by atoms with E-state index >= 15 is 0 Å². The van der Waals surface area contributed by atoms with Gasteiger partial charge >= 0.3 is 0 Å². The molecular formula is C15H14BrN3O3. The van der Waals surface area contributed by atoms with Crippen molar-refractivity contribution in [2.75, 3.05) is 13.7 Å². The van der Waals surface area contributed by atoms with Crippen molar-refractivity contribution in [3.63, 3.8) is 0 Å². The second-order valence-corrected chi connectivity index (χ2v) is 5.43. The summed E-state index contributed by atoms with van der Waals surface area (Å²) in [7, 11) is 1.62. The second kappa shape index (κ2) is 6.23. The van der Waals surface area contributed by atoms with Crippen molar-refractivity contribution in [1.82, 2.24) is 14.7 Å². The molecule has 0 bridgehead atoms. The highest BCUT2D eigenvalue weighted by Crippen LogP contribution is 2.18. The number of nitrogens with zero attached hydrogens (tertiary/aromatic N) is 2. The van der Waals surface area contributed by atoms with Crippen LogP contribution in [0.1, 0.15) is 16.2 Å². The van der Waals surface area contributed by atoms with Crippen molar-refractivity contribution in [2.24, 2.45) is 0 Å². The van der Waals surface area contributed by atoms with Gasteiger partial charge in [-0.15, -0.1) is 0 Å². The van der Waals surface area contributed by atoms with Crippen LogP contribution in [0.3, 0.4) is 0 Å². The van der Waals surface area contributed by atoms with E-state index in [0.717, 1.165) is 17.1 Å². The number of rotatable bonds is 5. The monoisotopic (exact) mass is 363 g/mol. The molecule has 0 fully saturated rings. The number of nitrogens with one attached hydrogen (secondary N) is 1. The van der Waals surface area contributed by atoms with Crippen LogP contribution in [0.4, 0.5) is 0 Å². The Balaban J connectivity index is 1.63. The summed E-state index contributed by atoms with van der Waals surface area (Å²) in [5, 5.41) is 2.80. The highest BCUT2D eigenvalue weighted by Gasteiger charge is 2.11. The first-order valence-corrected chi connectivity index (χ1v) is 7.51. The Bertz CT molecular complexity index is 809. The van der Waals surface area contributed by atoms with E-state index in [1.54, 1.807) is 19.2 Å². The summed E-state index contributed by atoms with van der Waals surface area (Å²) in [6.45, 7) is 0.476. The molecule has 3 rings (SSSR count). The standard InChI is InChI=1S/C15H14BrN3O3/c1-21-11-3-2-8-19-9-10(18-14(11)19)6-7-17-15(20)12-4-5-13(16)22-12/h2-5,8-9H,6-7H2,1H3,(H,17,20). The largest absolute Gasteiger partial charge is 0.493 e. The lowest BCUT2D eigenvalue weighted by Gasteiger charge is -2.00. The lowest BCUT2D eigenvalue weighted by Crippen LogP contribution is -2.25. The summed E-state index contributed by atoms with van der Waals surface area (Å²) in [6, 6.07) is 7.06.